The molecule has 0 atom stereocenters. The van der Waals surface area contributed by atoms with E-state index in [1.807, 2.05) is 30.1 Å². The number of thiazole rings is 1. The van der Waals surface area contributed by atoms with Gasteiger partial charge < -0.3 is 5.73 Å². The van der Waals surface area contributed by atoms with Crippen molar-refractivity contribution in [1.82, 2.24) is 14.8 Å². The lowest BCUT2D eigenvalue weighted by molar-refractivity contribution is 0.685. The molecule has 5 heteroatoms. The van der Waals surface area contributed by atoms with Crippen molar-refractivity contribution < 1.29 is 0 Å². The van der Waals surface area contributed by atoms with E-state index in [2.05, 4.69) is 10.1 Å². The van der Waals surface area contributed by atoms with Gasteiger partial charge >= 0.3 is 0 Å². The molecule has 2 aromatic heterocycles. The van der Waals surface area contributed by atoms with Crippen LogP contribution in [-0.4, -0.2) is 14.8 Å². The van der Waals surface area contributed by atoms with Gasteiger partial charge in [-0.05, 0) is 13.8 Å². The first-order valence-electron chi connectivity index (χ1n) is 4.35. The van der Waals surface area contributed by atoms with Gasteiger partial charge in [0.1, 0.15) is 10.8 Å². The molecule has 0 unspecified atom stereocenters. The van der Waals surface area contributed by atoms with Crippen LogP contribution in [0, 0.1) is 13.8 Å². The number of nitrogen functional groups attached to an aromatic ring is 1. The second-order valence-electron chi connectivity index (χ2n) is 3.28. The number of nitrogens with zero attached hydrogens (tertiary/aromatic N) is 3. The first-order valence-corrected chi connectivity index (χ1v) is 5.23. The molecule has 0 amide bonds. The van der Waals surface area contributed by atoms with E-state index < -0.39 is 0 Å². The van der Waals surface area contributed by atoms with Crippen LogP contribution in [0.5, 0.6) is 0 Å². The molecule has 74 valence electrons. The van der Waals surface area contributed by atoms with Crippen LogP contribution < -0.4 is 5.73 Å². The summed E-state index contributed by atoms with van der Waals surface area (Å²) in [7, 11) is 0. The van der Waals surface area contributed by atoms with Crippen LogP contribution in [0.1, 0.15) is 16.3 Å². The van der Waals surface area contributed by atoms with Gasteiger partial charge in [0.05, 0.1) is 6.54 Å². The van der Waals surface area contributed by atoms with E-state index in [0.29, 0.717) is 12.4 Å². The Morgan fingerprint density at radius 2 is 2.29 bits per heavy atom. The maximum Gasteiger partial charge on any atom is 0.148 e. The van der Waals surface area contributed by atoms with Gasteiger partial charge in [-0.1, -0.05) is 0 Å². The number of hydrogen-bond acceptors (Lipinski definition) is 4. The summed E-state index contributed by atoms with van der Waals surface area (Å²) in [6.45, 7) is 4.64. The van der Waals surface area contributed by atoms with E-state index in [0.717, 1.165) is 16.3 Å². The lowest BCUT2D eigenvalue weighted by Crippen LogP contribution is -2.00. The highest BCUT2D eigenvalue weighted by molar-refractivity contribution is 7.09. The Bertz CT molecular complexity index is 424. The first-order chi connectivity index (χ1) is 6.65. The summed E-state index contributed by atoms with van der Waals surface area (Å²) < 4.78 is 1.82. The van der Waals surface area contributed by atoms with Gasteiger partial charge in [0, 0.05) is 22.8 Å². The van der Waals surface area contributed by atoms with Crippen molar-refractivity contribution in [3.8, 4) is 0 Å². The fourth-order valence-electron chi connectivity index (χ4n) is 1.23. The quantitative estimate of drug-likeness (QED) is 0.815. The third-order valence-electron chi connectivity index (χ3n) is 1.95. The molecular weight excluding hydrogens is 196 g/mol. The van der Waals surface area contributed by atoms with Crippen LogP contribution in [0.3, 0.4) is 0 Å². The molecule has 4 nitrogen and oxygen atoms in total. The summed E-state index contributed by atoms with van der Waals surface area (Å²) in [6.07, 6.45) is 1.94. The van der Waals surface area contributed by atoms with Gasteiger partial charge in [-0.2, -0.15) is 5.10 Å². The maximum absolute atomic E-state index is 5.65. The normalized spacial score (nSPS) is 10.7. The van der Waals surface area contributed by atoms with Gasteiger partial charge in [-0.25, -0.2) is 4.98 Å². The Hall–Kier alpha value is -1.36. The van der Waals surface area contributed by atoms with Gasteiger partial charge in [0.25, 0.3) is 0 Å². The van der Waals surface area contributed by atoms with Crippen LogP contribution in [0.15, 0.2) is 11.6 Å². The Balaban J connectivity index is 2.18. The minimum atomic E-state index is 0.596. The average molecular weight is 208 g/mol. The number of rotatable bonds is 2. The summed E-state index contributed by atoms with van der Waals surface area (Å²) in [5.41, 5.74) is 7.72. The lowest BCUT2D eigenvalue weighted by Gasteiger charge is -1.95. The third kappa shape index (κ3) is 1.77. The van der Waals surface area contributed by atoms with E-state index in [9.17, 15) is 0 Å². The van der Waals surface area contributed by atoms with Crippen molar-refractivity contribution in [3.05, 3.63) is 27.8 Å². The average Bonchev–Trinajstić information content (AvgIpc) is 2.62. The van der Waals surface area contributed by atoms with Crippen LogP contribution in [0.2, 0.25) is 0 Å². The number of aryl methyl sites for hydroxylation is 2. The van der Waals surface area contributed by atoms with Crippen molar-refractivity contribution in [1.29, 1.82) is 0 Å². The highest BCUT2D eigenvalue weighted by Gasteiger charge is 2.03. The van der Waals surface area contributed by atoms with Gasteiger partial charge in [-0.3, -0.25) is 4.68 Å². The zero-order chi connectivity index (χ0) is 10.1. The Morgan fingerprint density at radius 3 is 2.79 bits per heavy atom. The smallest absolute Gasteiger partial charge is 0.148 e. The van der Waals surface area contributed by atoms with E-state index in [-0.39, 0.29) is 0 Å². The fraction of sp³-hybridized carbons (Fsp3) is 0.333. The van der Waals surface area contributed by atoms with Crippen LogP contribution in [0.25, 0.3) is 0 Å². The van der Waals surface area contributed by atoms with Gasteiger partial charge in [0.2, 0.25) is 0 Å². The summed E-state index contributed by atoms with van der Waals surface area (Å²) >= 11 is 1.65. The lowest BCUT2D eigenvalue weighted by atomic mass is 10.4. The molecule has 0 spiro atoms. The molecule has 2 N–H and O–H groups in total. The molecule has 0 saturated heterocycles. The molecule has 0 aliphatic heterocycles. The number of hydrogen-bond donors (Lipinski definition) is 1. The molecule has 14 heavy (non-hydrogen) atoms. The first kappa shape index (κ1) is 9.21. The number of aromatic nitrogens is 3. The zero-order valence-electron chi connectivity index (χ0n) is 8.19. The highest BCUT2D eigenvalue weighted by Crippen LogP contribution is 2.12. The molecule has 0 fully saturated rings. The number of nitrogens with two attached hydrogens (primary N) is 1. The molecular formula is C9H12N4S. The Kier molecular flexibility index (Phi) is 2.25. The van der Waals surface area contributed by atoms with Gasteiger partial charge in [0.15, 0.2) is 0 Å². The van der Waals surface area contributed by atoms with Crippen molar-refractivity contribution in [2.24, 2.45) is 0 Å². The molecule has 2 aromatic rings. The third-order valence-corrected chi connectivity index (χ3v) is 2.90. The van der Waals surface area contributed by atoms with Crippen molar-refractivity contribution in [3.63, 3.8) is 0 Å². The summed E-state index contributed by atoms with van der Waals surface area (Å²) in [4.78, 5) is 4.36. The minimum absolute atomic E-state index is 0.596. The maximum atomic E-state index is 5.65. The molecule has 0 saturated carbocycles. The predicted molar refractivity (Wildman–Crippen MR) is 57.3 cm³/mol. The zero-order valence-corrected chi connectivity index (χ0v) is 9.01. The largest absolute Gasteiger partial charge is 0.382 e. The molecule has 0 aromatic carbocycles. The van der Waals surface area contributed by atoms with E-state index in [1.165, 1.54) is 0 Å². The summed E-state index contributed by atoms with van der Waals surface area (Å²) in [6, 6.07) is 0. The summed E-state index contributed by atoms with van der Waals surface area (Å²) in [5, 5.41) is 7.27. The van der Waals surface area contributed by atoms with Crippen LogP contribution in [-0.2, 0) is 6.54 Å². The van der Waals surface area contributed by atoms with Gasteiger partial charge in [-0.15, -0.1) is 11.3 Å². The monoisotopic (exact) mass is 208 g/mol. The molecule has 0 aliphatic rings. The predicted octanol–water partition coefficient (Wildman–Crippen LogP) is 1.59. The second-order valence-corrected chi connectivity index (χ2v) is 4.22. The molecule has 0 radical (unpaired) electrons. The van der Waals surface area contributed by atoms with Crippen LogP contribution >= 0.6 is 11.3 Å². The highest BCUT2D eigenvalue weighted by atomic mass is 32.1. The number of anilines is 1. The Morgan fingerprint density at radius 1 is 1.50 bits per heavy atom. The Labute approximate surface area is 86.4 Å². The second kappa shape index (κ2) is 3.42. The van der Waals surface area contributed by atoms with E-state index >= 15 is 0 Å². The minimum Gasteiger partial charge on any atom is -0.382 e. The topological polar surface area (TPSA) is 56.7 Å². The van der Waals surface area contributed by atoms with E-state index in [1.54, 1.807) is 11.3 Å². The molecule has 0 bridgehead atoms. The van der Waals surface area contributed by atoms with Crippen molar-refractivity contribution >= 4 is 17.2 Å². The molecule has 0 aliphatic carbocycles. The molecule has 2 rings (SSSR count). The van der Waals surface area contributed by atoms with E-state index in [4.69, 9.17) is 5.73 Å². The van der Waals surface area contributed by atoms with Crippen molar-refractivity contribution in [2.45, 2.75) is 20.4 Å². The fourth-order valence-corrected chi connectivity index (χ4v) is 1.99. The molecule has 2 heterocycles. The standard InChI is InChI=1S/C9H12N4S/c1-6-3-13(12-9(6)10)4-8-11-7(2)5-14-8/h3,5H,4H2,1-2H3,(H2,10,12). The SMILES string of the molecule is Cc1csc(Cn2cc(C)c(N)n2)n1. The van der Waals surface area contributed by atoms with Crippen LogP contribution in [0.4, 0.5) is 5.82 Å². The van der Waals surface area contributed by atoms with Crippen molar-refractivity contribution in [2.75, 3.05) is 5.73 Å². The summed E-state index contributed by atoms with van der Waals surface area (Å²) in [5.74, 6) is 0.596.